The molecule has 92 valence electrons. The zero-order valence-corrected chi connectivity index (χ0v) is 12.4. The van der Waals surface area contributed by atoms with Crippen LogP contribution < -0.4 is 10.6 Å². The van der Waals surface area contributed by atoms with Crippen LogP contribution in [-0.2, 0) is 0 Å². The predicted octanol–water partition coefficient (Wildman–Crippen LogP) is 3.32. The van der Waals surface area contributed by atoms with Crippen molar-refractivity contribution < 1.29 is 0 Å². The Bertz CT molecular complexity index is 429. The Balaban J connectivity index is 2.23. The highest BCUT2D eigenvalue weighted by Crippen LogP contribution is 2.31. The molecule has 2 N–H and O–H groups in total. The summed E-state index contributed by atoms with van der Waals surface area (Å²) in [5.41, 5.74) is 7.88. The van der Waals surface area contributed by atoms with Gasteiger partial charge in [-0.2, -0.15) is 0 Å². The standard InChI is InChI=1S/C13H17BrN2S/c1-16(8-9-4-2-5-9)11-7-3-6-10(14)12(11)13(15)17/h3,6-7,9H,2,4-5,8H2,1H3,(H2,15,17). The van der Waals surface area contributed by atoms with Crippen LogP contribution in [0.5, 0.6) is 0 Å². The highest BCUT2D eigenvalue weighted by molar-refractivity contribution is 9.10. The summed E-state index contributed by atoms with van der Waals surface area (Å²) in [5, 5.41) is 0. The molecule has 17 heavy (non-hydrogen) atoms. The molecule has 0 atom stereocenters. The number of nitrogens with two attached hydrogens (primary N) is 1. The predicted molar refractivity (Wildman–Crippen MR) is 80.6 cm³/mol. The van der Waals surface area contributed by atoms with E-state index in [-0.39, 0.29) is 0 Å². The van der Waals surface area contributed by atoms with Gasteiger partial charge in [-0.25, -0.2) is 0 Å². The Hall–Kier alpha value is -0.610. The van der Waals surface area contributed by atoms with Crippen molar-refractivity contribution in [2.75, 3.05) is 18.5 Å². The number of thiocarbonyl (C=S) groups is 1. The number of halogens is 1. The summed E-state index contributed by atoms with van der Waals surface area (Å²) < 4.78 is 0.975. The molecular weight excluding hydrogens is 296 g/mol. The van der Waals surface area contributed by atoms with E-state index in [4.69, 9.17) is 18.0 Å². The monoisotopic (exact) mass is 312 g/mol. The van der Waals surface area contributed by atoms with Crippen molar-refractivity contribution in [2.24, 2.45) is 11.7 Å². The van der Waals surface area contributed by atoms with Crippen LogP contribution in [0.3, 0.4) is 0 Å². The lowest BCUT2D eigenvalue weighted by Crippen LogP contribution is -2.31. The number of anilines is 1. The molecule has 0 aromatic heterocycles. The van der Waals surface area contributed by atoms with Crippen molar-refractivity contribution >= 4 is 38.8 Å². The van der Waals surface area contributed by atoms with Gasteiger partial charge in [0.05, 0.1) is 0 Å². The van der Waals surface area contributed by atoms with Crippen molar-refractivity contribution in [3.05, 3.63) is 28.2 Å². The molecule has 0 spiro atoms. The molecule has 0 heterocycles. The molecule has 1 fully saturated rings. The minimum atomic E-state index is 0.452. The maximum Gasteiger partial charge on any atom is 0.107 e. The summed E-state index contributed by atoms with van der Waals surface area (Å²) in [4.78, 5) is 2.72. The molecule has 0 amide bonds. The largest absolute Gasteiger partial charge is 0.389 e. The van der Waals surface area contributed by atoms with Crippen molar-refractivity contribution in [2.45, 2.75) is 19.3 Å². The van der Waals surface area contributed by atoms with Crippen LogP contribution in [0.2, 0.25) is 0 Å². The van der Waals surface area contributed by atoms with Gasteiger partial charge in [0.15, 0.2) is 0 Å². The van der Waals surface area contributed by atoms with E-state index >= 15 is 0 Å². The molecule has 1 aliphatic rings. The Morgan fingerprint density at radius 1 is 1.53 bits per heavy atom. The molecule has 0 saturated heterocycles. The van der Waals surface area contributed by atoms with E-state index in [2.05, 4.69) is 33.9 Å². The summed E-state index contributed by atoms with van der Waals surface area (Å²) >= 11 is 8.65. The molecular formula is C13H17BrN2S. The van der Waals surface area contributed by atoms with E-state index in [0.717, 1.165) is 28.2 Å². The van der Waals surface area contributed by atoms with E-state index in [0.29, 0.717) is 4.99 Å². The second kappa shape index (κ2) is 5.36. The van der Waals surface area contributed by atoms with Gasteiger partial charge in [0.25, 0.3) is 0 Å². The average molecular weight is 313 g/mol. The Morgan fingerprint density at radius 3 is 2.76 bits per heavy atom. The molecule has 2 rings (SSSR count). The van der Waals surface area contributed by atoms with Gasteiger partial charge in [0.1, 0.15) is 4.99 Å². The van der Waals surface area contributed by atoms with Crippen molar-refractivity contribution in [3.63, 3.8) is 0 Å². The van der Waals surface area contributed by atoms with Crippen LogP contribution >= 0.6 is 28.1 Å². The third kappa shape index (κ3) is 2.80. The molecule has 0 aliphatic heterocycles. The third-order valence-corrected chi connectivity index (χ3v) is 4.27. The average Bonchev–Trinajstić information content (AvgIpc) is 2.22. The summed E-state index contributed by atoms with van der Waals surface area (Å²) in [6.45, 7) is 1.09. The second-order valence-electron chi connectivity index (χ2n) is 4.68. The minimum Gasteiger partial charge on any atom is -0.389 e. The molecule has 0 radical (unpaired) electrons. The number of hydrogen-bond acceptors (Lipinski definition) is 2. The first-order chi connectivity index (χ1) is 8.09. The van der Waals surface area contributed by atoms with E-state index in [9.17, 15) is 0 Å². The molecule has 1 aliphatic carbocycles. The van der Waals surface area contributed by atoms with E-state index in [1.54, 1.807) is 0 Å². The molecule has 2 nitrogen and oxygen atoms in total. The van der Waals surface area contributed by atoms with E-state index in [1.165, 1.54) is 19.3 Å². The fourth-order valence-electron chi connectivity index (χ4n) is 2.24. The zero-order chi connectivity index (χ0) is 12.4. The van der Waals surface area contributed by atoms with Gasteiger partial charge in [0, 0.05) is 29.3 Å². The summed E-state index contributed by atoms with van der Waals surface area (Å²) in [7, 11) is 2.11. The van der Waals surface area contributed by atoms with Crippen LogP contribution in [-0.4, -0.2) is 18.6 Å². The van der Waals surface area contributed by atoms with E-state index < -0.39 is 0 Å². The number of rotatable bonds is 4. The summed E-state index contributed by atoms with van der Waals surface area (Å²) in [6.07, 6.45) is 4.07. The number of nitrogens with zero attached hydrogens (tertiary/aromatic N) is 1. The fraction of sp³-hybridized carbons (Fsp3) is 0.462. The van der Waals surface area contributed by atoms with Crippen molar-refractivity contribution in [3.8, 4) is 0 Å². The van der Waals surface area contributed by atoms with Crippen LogP contribution in [0.1, 0.15) is 24.8 Å². The lowest BCUT2D eigenvalue weighted by molar-refractivity contribution is 0.321. The first kappa shape index (κ1) is 12.8. The van der Waals surface area contributed by atoms with Crippen molar-refractivity contribution in [1.29, 1.82) is 0 Å². The third-order valence-electron chi connectivity index (χ3n) is 3.41. The van der Waals surface area contributed by atoms with Crippen LogP contribution in [0, 0.1) is 5.92 Å². The molecule has 0 unspecified atom stereocenters. The van der Waals surface area contributed by atoms with Crippen LogP contribution in [0.15, 0.2) is 22.7 Å². The molecule has 0 bridgehead atoms. The van der Waals surface area contributed by atoms with Crippen molar-refractivity contribution in [1.82, 2.24) is 0 Å². The summed E-state index contributed by atoms with van der Waals surface area (Å²) in [5.74, 6) is 0.832. The lowest BCUT2D eigenvalue weighted by atomic mass is 9.85. The lowest BCUT2D eigenvalue weighted by Gasteiger charge is -2.32. The highest BCUT2D eigenvalue weighted by atomic mass is 79.9. The van der Waals surface area contributed by atoms with Gasteiger partial charge < -0.3 is 10.6 Å². The molecule has 1 aromatic rings. The fourth-order valence-corrected chi connectivity index (χ4v) is 3.15. The molecule has 1 saturated carbocycles. The highest BCUT2D eigenvalue weighted by Gasteiger charge is 2.21. The maximum atomic E-state index is 5.81. The minimum absolute atomic E-state index is 0.452. The quantitative estimate of drug-likeness (QED) is 0.865. The summed E-state index contributed by atoms with van der Waals surface area (Å²) in [6, 6.07) is 6.09. The van der Waals surface area contributed by atoms with E-state index in [1.807, 2.05) is 12.1 Å². The first-order valence-corrected chi connectivity index (χ1v) is 7.09. The topological polar surface area (TPSA) is 29.3 Å². The van der Waals surface area contributed by atoms with Gasteiger partial charge in [-0.05, 0) is 46.8 Å². The van der Waals surface area contributed by atoms with Crippen LogP contribution in [0.4, 0.5) is 5.69 Å². The maximum absolute atomic E-state index is 5.81. The molecule has 4 heteroatoms. The van der Waals surface area contributed by atoms with Gasteiger partial charge in [-0.15, -0.1) is 0 Å². The normalized spacial score (nSPS) is 15.4. The molecule has 1 aromatic carbocycles. The first-order valence-electron chi connectivity index (χ1n) is 5.89. The van der Waals surface area contributed by atoms with Gasteiger partial charge in [0.2, 0.25) is 0 Å². The van der Waals surface area contributed by atoms with Gasteiger partial charge in [-0.3, -0.25) is 0 Å². The van der Waals surface area contributed by atoms with Crippen LogP contribution in [0.25, 0.3) is 0 Å². The Labute approximate surface area is 116 Å². The second-order valence-corrected chi connectivity index (χ2v) is 5.97. The number of benzene rings is 1. The number of hydrogen-bond donors (Lipinski definition) is 1. The van der Waals surface area contributed by atoms with Gasteiger partial charge in [-0.1, -0.05) is 24.7 Å². The zero-order valence-electron chi connectivity index (χ0n) is 9.95. The Morgan fingerprint density at radius 2 is 2.24 bits per heavy atom. The Kier molecular flexibility index (Phi) is 4.05. The smallest absolute Gasteiger partial charge is 0.107 e. The SMILES string of the molecule is CN(CC1CCC1)c1cccc(Br)c1C(N)=S. The van der Waals surface area contributed by atoms with Gasteiger partial charge >= 0.3 is 0 Å².